The number of furan rings is 1. The van der Waals surface area contributed by atoms with E-state index >= 15 is 0 Å². The van der Waals surface area contributed by atoms with Crippen molar-refractivity contribution in [1.82, 2.24) is 9.88 Å². The van der Waals surface area contributed by atoms with Gasteiger partial charge in [0.2, 0.25) is 0 Å². The number of halogens is 1. The van der Waals surface area contributed by atoms with Gasteiger partial charge in [-0.25, -0.2) is 4.98 Å². The van der Waals surface area contributed by atoms with Crippen molar-refractivity contribution in [3.8, 4) is 11.5 Å². The average Bonchev–Trinajstić information content (AvgIpc) is 3.32. The van der Waals surface area contributed by atoms with Crippen LogP contribution in [0.1, 0.15) is 10.4 Å². The SMILES string of the molecule is CN(C(=O)c1cc(-c2ccco2)nc2c(Cl)cccc12)[C@H]1COC[C@@H]1O. The summed E-state index contributed by atoms with van der Waals surface area (Å²) in [5.74, 6) is 0.315. The van der Waals surface area contributed by atoms with Crippen molar-refractivity contribution in [2.45, 2.75) is 12.1 Å². The molecule has 1 aliphatic rings. The molecule has 2 aromatic heterocycles. The van der Waals surface area contributed by atoms with E-state index in [9.17, 15) is 9.90 Å². The molecule has 0 aliphatic carbocycles. The topological polar surface area (TPSA) is 75.8 Å². The molecule has 2 atom stereocenters. The van der Waals surface area contributed by atoms with Crippen LogP contribution < -0.4 is 0 Å². The van der Waals surface area contributed by atoms with Gasteiger partial charge < -0.3 is 19.2 Å². The minimum Gasteiger partial charge on any atom is -0.463 e. The number of benzene rings is 1. The first-order valence-corrected chi connectivity index (χ1v) is 8.60. The number of amides is 1. The van der Waals surface area contributed by atoms with Crippen LogP contribution in [0.5, 0.6) is 0 Å². The number of aromatic nitrogens is 1. The molecule has 26 heavy (non-hydrogen) atoms. The van der Waals surface area contributed by atoms with Crippen molar-refractivity contribution in [3.05, 3.63) is 53.2 Å². The number of nitrogens with zero attached hydrogens (tertiary/aromatic N) is 2. The molecule has 0 spiro atoms. The van der Waals surface area contributed by atoms with E-state index < -0.39 is 12.1 Å². The van der Waals surface area contributed by atoms with Crippen LogP contribution >= 0.6 is 11.6 Å². The smallest absolute Gasteiger partial charge is 0.254 e. The van der Waals surface area contributed by atoms with Crippen molar-refractivity contribution < 1.29 is 19.1 Å². The number of rotatable bonds is 3. The molecule has 1 amide bonds. The van der Waals surface area contributed by atoms with Gasteiger partial charge in [0, 0.05) is 12.4 Å². The van der Waals surface area contributed by atoms with E-state index in [4.69, 9.17) is 20.8 Å². The molecule has 1 saturated heterocycles. The first-order valence-electron chi connectivity index (χ1n) is 8.22. The molecule has 6 nitrogen and oxygen atoms in total. The van der Waals surface area contributed by atoms with Crippen LogP contribution in [0.3, 0.4) is 0 Å². The second-order valence-electron chi connectivity index (χ2n) is 6.26. The van der Waals surface area contributed by atoms with E-state index in [-0.39, 0.29) is 12.5 Å². The maximum absolute atomic E-state index is 13.2. The van der Waals surface area contributed by atoms with Gasteiger partial charge in [0.1, 0.15) is 5.69 Å². The van der Waals surface area contributed by atoms with Crippen LogP contribution in [0, 0.1) is 0 Å². The highest BCUT2D eigenvalue weighted by molar-refractivity contribution is 6.35. The summed E-state index contributed by atoms with van der Waals surface area (Å²) in [5.41, 5.74) is 1.50. The third kappa shape index (κ3) is 2.86. The summed E-state index contributed by atoms with van der Waals surface area (Å²) in [6.45, 7) is 0.529. The second-order valence-corrected chi connectivity index (χ2v) is 6.66. The van der Waals surface area contributed by atoms with Crippen LogP contribution in [-0.4, -0.2) is 53.3 Å². The molecule has 0 radical (unpaired) electrons. The highest BCUT2D eigenvalue weighted by atomic mass is 35.5. The number of carbonyl (C=O) groups excluding carboxylic acids is 1. The fourth-order valence-electron chi connectivity index (χ4n) is 3.18. The van der Waals surface area contributed by atoms with E-state index in [1.807, 2.05) is 6.07 Å². The van der Waals surface area contributed by atoms with E-state index in [1.54, 1.807) is 43.6 Å². The van der Waals surface area contributed by atoms with Gasteiger partial charge in [0.05, 0.1) is 47.7 Å². The number of para-hydroxylation sites is 1. The first kappa shape index (κ1) is 17.0. The number of carbonyl (C=O) groups is 1. The Morgan fingerprint density at radius 3 is 2.85 bits per heavy atom. The maximum Gasteiger partial charge on any atom is 0.254 e. The Balaban J connectivity index is 1.85. The van der Waals surface area contributed by atoms with Crippen molar-refractivity contribution in [2.24, 2.45) is 0 Å². The molecule has 3 aromatic rings. The highest BCUT2D eigenvalue weighted by Gasteiger charge is 2.33. The lowest BCUT2D eigenvalue weighted by atomic mass is 10.0. The average molecular weight is 373 g/mol. The summed E-state index contributed by atoms with van der Waals surface area (Å²) in [6, 6.07) is 10.2. The molecule has 134 valence electrons. The number of likely N-dealkylation sites (N-methyl/N-ethyl adjacent to an activating group) is 1. The van der Waals surface area contributed by atoms with Crippen LogP contribution in [0.15, 0.2) is 47.1 Å². The number of hydrogen-bond donors (Lipinski definition) is 1. The number of hydrogen-bond acceptors (Lipinski definition) is 5. The number of fused-ring (bicyclic) bond motifs is 1. The molecule has 0 saturated carbocycles. The van der Waals surface area contributed by atoms with Gasteiger partial charge in [0.15, 0.2) is 5.76 Å². The Morgan fingerprint density at radius 2 is 2.15 bits per heavy atom. The van der Waals surface area contributed by atoms with Crippen molar-refractivity contribution in [2.75, 3.05) is 20.3 Å². The van der Waals surface area contributed by atoms with Gasteiger partial charge >= 0.3 is 0 Å². The normalized spacial score (nSPS) is 19.8. The fourth-order valence-corrected chi connectivity index (χ4v) is 3.40. The van der Waals surface area contributed by atoms with Crippen molar-refractivity contribution in [3.63, 3.8) is 0 Å². The molecule has 1 aliphatic heterocycles. The lowest BCUT2D eigenvalue weighted by Crippen LogP contribution is -2.44. The van der Waals surface area contributed by atoms with E-state index in [2.05, 4.69) is 4.98 Å². The van der Waals surface area contributed by atoms with Crippen LogP contribution in [0.25, 0.3) is 22.4 Å². The Bertz CT molecular complexity index is 958. The van der Waals surface area contributed by atoms with E-state index in [0.29, 0.717) is 39.6 Å². The fraction of sp³-hybridized carbons (Fsp3) is 0.263. The molecule has 1 N–H and O–H groups in total. The largest absolute Gasteiger partial charge is 0.463 e. The minimum absolute atomic E-state index is 0.225. The number of aliphatic hydroxyl groups is 1. The number of ether oxygens (including phenoxy) is 1. The Kier molecular flexibility index (Phi) is 4.40. The van der Waals surface area contributed by atoms with Gasteiger partial charge in [-0.3, -0.25) is 4.79 Å². The predicted molar refractivity (Wildman–Crippen MR) is 97.2 cm³/mol. The molecule has 0 bridgehead atoms. The van der Waals surface area contributed by atoms with Gasteiger partial charge in [0.25, 0.3) is 5.91 Å². The summed E-state index contributed by atoms with van der Waals surface area (Å²) in [5, 5.41) is 11.2. The Labute approximate surface area is 155 Å². The number of aliphatic hydroxyl groups excluding tert-OH is 1. The predicted octanol–water partition coefficient (Wildman–Crippen LogP) is 2.98. The summed E-state index contributed by atoms with van der Waals surface area (Å²) < 4.78 is 10.7. The zero-order valence-corrected chi connectivity index (χ0v) is 14.8. The zero-order valence-electron chi connectivity index (χ0n) is 14.1. The summed E-state index contributed by atoms with van der Waals surface area (Å²) in [7, 11) is 1.66. The zero-order chi connectivity index (χ0) is 18.3. The lowest BCUT2D eigenvalue weighted by molar-refractivity contribution is 0.0583. The second kappa shape index (κ2) is 6.72. The first-order chi connectivity index (χ1) is 12.6. The molecular weight excluding hydrogens is 356 g/mol. The summed E-state index contributed by atoms with van der Waals surface area (Å²) >= 11 is 6.32. The molecular formula is C19H17ClN2O4. The van der Waals surface area contributed by atoms with Gasteiger partial charge in [-0.2, -0.15) is 0 Å². The van der Waals surface area contributed by atoms with Crippen LogP contribution in [-0.2, 0) is 4.74 Å². The molecule has 7 heteroatoms. The van der Waals surface area contributed by atoms with E-state index in [0.717, 1.165) is 0 Å². The Morgan fingerprint density at radius 1 is 1.31 bits per heavy atom. The molecule has 1 aromatic carbocycles. The van der Waals surface area contributed by atoms with E-state index in [1.165, 1.54) is 4.90 Å². The monoisotopic (exact) mass is 372 g/mol. The quantitative estimate of drug-likeness (QED) is 0.765. The van der Waals surface area contributed by atoms with Gasteiger partial charge in [-0.1, -0.05) is 23.7 Å². The van der Waals surface area contributed by atoms with Crippen molar-refractivity contribution >= 4 is 28.4 Å². The van der Waals surface area contributed by atoms with Crippen molar-refractivity contribution in [1.29, 1.82) is 0 Å². The number of pyridine rings is 1. The van der Waals surface area contributed by atoms with Crippen LogP contribution in [0.4, 0.5) is 0 Å². The standard InChI is InChI=1S/C19H17ClN2O4/c1-22(15-9-25-10-16(15)23)19(24)12-8-14(17-6-3-7-26-17)21-18-11(12)4-2-5-13(18)20/h2-8,15-16,23H,9-10H2,1H3/t15-,16-/m0/s1. The lowest BCUT2D eigenvalue weighted by Gasteiger charge is -2.26. The molecule has 1 fully saturated rings. The molecule has 3 heterocycles. The maximum atomic E-state index is 13.2. The highest BCUT2D eigenvalue weighted by Crippen LogP contribution is 2.30. The minimum atomic E-state index is -0.704. The molecule has 4 rings (SSSR count). The summed E-state index contributed by atoms with van der Waals surface area (Å²) in [6.07, 6.45) is 0.846. The summed E-state index contributed by atoms with van der Waals surface area (Å²) in [4.78, 5) is 19.3. The van der Waals surface area contributed by atoms with Gasteiger partial charge in [-0.15, -0.1) is 0 Å². The third-order valence-electron chi connectivity index (χ3n) is 4.63. The Hall–Kier alpha value is -2.41. The third-order valence-corrected chi connectivity index (χ3v) is 4.94. The molecule has 0 unspecified atom stereocenters. The van der Waals surface area contributed by atoms with Gasteiger partial charge in [-0.05, 0) is 24.3 Å². The van der Waals surface area contributed by atoms with Crippen LogP contribution in [0.2, 0.25) is 5.02 Å².